The molecule has 6 nitrogen and oxygen atoms in total. The summed E-state index contributed by atoms with van der Waals surface area (Å²) in [6.07, 6.45) is 3.36. The third-order valence-electron chi connectivity index (χ3n) is 5.27. The van der Waals surface area contributed by atoms with Gasteiger partial charge in [-0.15, -0.1) is 16.8 Å². The molecule has 0 aliphatic rings. The van der Waals surface area contributed by atoms with Crippen LogP contribution < -0.4 is 10.1 Å². The van der Waals surface area contributed by atoms with Crippen molar-refractivity contribution in [3.05, 3.63) is 78.1 Å². The number of carbonyl (C=O) groups is 1. The topological polar surface area (TPSA) is 69.0 Å². The highest BCUT2D eigenvalue weighted by atomic mass is 32.2. The Morgan fingerprint density at radius 2 is 1.94 bits per heavy atom. The molecule has 1 aromatic heterocycles. The molecule has 2 aromatic carbocycles. The fourth-order valence-electron chi connectivity index (χ4n) is 3.44. The van der Waals surface area contributed by atoms with E-state index in [2.05, 4.69) is 55.0 Å². The molecule has 0 spiro atoms. The predicted octanol–water partition coefficient (Wildman–Crippen LogP) is 5.81. The number of anilines is 1. The molecule has 0 fully saturated rings. The maximum atomic E-state index is 12.4. The summed E-state index contributed by atoms with van der Waals surface area (Å²) in [5, 5.41) is 12.3. The van der Waals surface area contributed by atoms with Gasteiger partial charge >= 0.3 is 0 Å². The number of aryl methyl sites for hydroxylation is 2. The molecular weight excluding hydrogens is 444 g/mol. The Balaban J connectivity index is 1.50. The summed E-state index contributed by atoms with van der Waals surface area (Å²) in [4.78, 5) is 12.4. The number of carbonyl (C=O) groups excluding carboxylic acids is 1. The Morgan fingerprint density at radius 3 is 2.62 bits per heavy atom. The SMILES string of the molecule is C=CCn1c(CCCOc2ccc(C(C)(C)C)cc2)nnc1SCC(=O)Nc1cccc(C)c1. The van der Waals surface area contributed by atoms with E-state index in [1.54, 1.807) is 0 Å². The van der Waals surface area contributed by atoms with E-state index in [0.717, 1.165) is 35.7 Å². The number of ether oxygens (including phenoxy) is 1. The second-order valence-electron chi connectivity index (χ2n) is 9.23. The molecular formula is C27H34N4O2S. The summed E-state index contributed by atoms with van der Waals surface area (Å²) in [6, 6.07) is 16.0. The highest BCUT2D eigenvalue weighted by Gasteiger charge is 2.15. The molecule has 0 saturated heterocycles. The molecule has 0 atom stereocenters. The number of nitrogens with one attached hydrogen (secondary N) is 1. The van der Waals surface area contributed by atoms with E-state index in [-0.39, 0.29) is 17.1 Å². The monoisotopic (exact) mass is 478 g/mol. The van der Waals surface area contributed by atoms with Crippen LogP contribution in [0.3, 0.4) is 0 Å². The van der Waals surface area contributed by atoms with Gasteiger partial charge in [-0.05, 0) is 54.2 Å². The molecule has 34 heavy (non-hydrogen) atoms. The standard InChI is InChI=1S/C27H34N4O2S/c1-6-16-31-24(11-8-17-33-23-14-12-21(13-15-23)27(3,4)5)29-30-26(31)34-19-25(32)28-22-10-7-9-20(2)18-22/h6-7,9-10,12-15,18H,1,8,11,16-17,19H2,2-5H3,(H,28,32). The zero-order valence-electron chi connectivity index (χ0n) is 20.5. The van der Waals surface area contributed by atoms with Crippen molar-refractivity contribution in [2.75, 3.05) is 17.7 Å². The first kappa shape index (κ1) is 25.6. The van der Waals surface area contributed by atoms with Crippen LogP contribution in [0.1, 0.15) is 44.1 Å². The van der Waals surface area contributed by atoms with Crippen molar-refractivity contribution in [3.63, 3.8) is 0 Å². The number of benzene rings is 2. The van der Waals surface area contributed by atoms with Crippen LogP contribution in [0.4, 0.5) is 5.69 Å². The second kappa shape index (κ2) is 11.9. The van der Waals surface area contributed by atoms with Crippen LogP contribution in [-0.4, -0.2) is 33.0 Å². The van der Waals surface area contributed by atoms with Gasteiger partial charge in [0, 0.05) is 18.7 Å². The van der Waals surface area contributed by atoms with Crippen LogP contribution in [0.5, 0.6) is 5.75 Å². The normalized spacial score (nSPS) is 11.3. The molecule has 180 valence electrons. The molecule has 0 radical (unpaired) electrons. The molecule has 1 heterocycles. The lowest BCUT2D eigenvalue weighted by Gasteiger charge is -2.19. The Hall–Kier alpha value is -3.06. The van der Waals surface area contributed by atoms with Gasteiger partial charge in [0.1, 0.15) is 11.6 Å². The first-order valence-corrected chi connectivity index (χ1v) is 12.5. The fourth-order valence-corrected chi connectivity index (χ4v) is 4.21. The number of allylic oxidation sites excluding steroid dienone is 1. The van der Waals surface area contributed by atoms with Crippen molar-refractivity contribution in [1.82, 2.24) is 14.8 Å². The third kappa shape index (κ3) is 7.48. The summed E-state index contributed by atoms with van der Waals surface area (Å²) in [5.74, 6) is 1.93. The number of amides is 1. The summed E-state index contributed by atoms with van der Waals surface area (Å²) in [7, 11) is 0. The van der Waals surface area contributed by atoms with Crippen molar-refractivity contribution in [2.45, 2.75) is 57.7 Å². The highest BCUT2D eigenvalue weighted by molar-refractivity contribution is 7.99. The Kier molecular flexibility index (Phi) is 8.93. The molecule has 1 amide bonds. The largest absolute Gasteiger partial charge is 0.494 e. The molecule has 0 aliphatic carbocycles. The third-order valence-corrected chi connectivity index (χ3v) is 6.24. The smallest absolute Gasteiger partial charge is 0.234 e. The predicted molar refractivity (Wildman–Crippen MR) is 140 cm³/mol. The first-order valence-electron chi connectivity index (χ1n) is 11.5. The van der Waals surface area contributed by atoms with E-state index in [0.29, 0.717) is 18.3 Å². The van der Waals surface area contributed by atoms with Gasteiger partial charge in [-0.25, -0.2) is 0 Å². The van der Waals surface area contributed by atoms with E-state index < -0.39 is 0 Å². The summed E-state index contributed by atoms with van der Waals surface area (Å²) >= 11 is 1.38. The zero-order valence-corrected chi connectivity index (χ0v) is 21.3. The summed E-state index contributed by atoms with van der Waals surface area (Å²) in [5.41, 5.74) is 3.32. The molecule has 3 rings (SSSR count). The number of hydrogen-bond acceptors (Lipinski definition) is 5. The quantitative estimate of drug-likeness (QED) is 0.214. The van der Waals surface area contributed by atoms with Gasteiger partial charge in [-0.3, -0.25) is 4.79 Å². The van der Waals surface area contributed by atoms with E-state index in [1.165, 1.54) is 17.3 Å². The van der Waals surface area contributed by atoms with Crippen molar-refractivity contribution in [2.24, 2.45) is 0 Å². The van der Waals surface area contributed by atoms with Crippen LogP contribution >= 0.6 is 11.8 Å². The number of thioether (sulfide) groups is 1. The Bertz CT molecular complexity index is 1100. The van der Waals surface area contributed by atoms with E-state index in [4.69, 9.17) is 4.74 Å². The Morgan fingerprint density at radius 1 is 1.18 bits per heavy atom. The van der Waals surface area contributed by atoms with Gasteiger partial charge in [0.15, 0.2) is 5.16 Å². The van der Waals surface area contributed by atoms with Crippen LogP contribution in [0.2, 0.25) is 0 Å². The van der Waals surface area contributed by atoms with Crippen LogP contribution in [0, 0.1) is 6.92 Å². The zero-order chi connectivity index (χ0) is 24.6. The maximum Gasteiger partial charge on any atom is 0.234 e. The van der Waals surface area contributed by atoms with Gasteiger partial charge in [0.2, 0.25) is 5.91 Å². The number of rotatable bonds is 11. The lowest BCUT2D eigenvalue weighted by atomic mass is 9.87. The van der Waals surface area contributed by atoms with Gasteiger partial charge < -0.3 is 14.6 Å². The number of aromatic nitrogens is 3. The molecule has 0 unspecified atom stereocenters. The van der Waals surface area contributed by atoms with Gasteiger partial charge in [0.05, 0.1) is 12.4 Å². The average Bonchev–Trinajstić information content (AvgIpc) is 3.17. The van der Waals surface area contributed by atoms with E-state index in [9.17, 15) is 4.79 Å². The molecule has 7 heteroatoms. The van der Waals surface area contributed by atoms with E-state index >= 15 is 0 Å². The van der Waals surface area contributed by atoms with Crippen LogP contribution in [0.15, 0.2) is 66.3 Å². The summed E-state index contributed by atoms with van der Waals surface area (Å²) < 4.78 is 7.92. The fraction of sp³-hybridized carbons (Fsp3) is 0.370. The highest BCUT2D eigenvalue weighted by Crippen LogP contribution is 2.24. The number of nitrogens with zero attached hydrogens (tertiary/aromatic N) is 3. The number of hydrogen-bond donors (Lipinski definition) is 1. The first-order chi connectivity index (χ1) is 16.3. The Labute approximate surface area is 206 Å². The lowest BCUT2D eigenvalue weighted by Crippen LogP contribution is -2.15. The van der Waals surface area contributed by atoms with Gasteiger partial charge in [-0.2, -0.15) is 0 Å². The molecule has 1 N–H and O–H groups in total. The van der Waals surface area contributed by atoms with E-state index in [1.807, 2.05) is 54.0 Å². The molecule has 0 aliphatic heterocycles. The molecule has 0 bridgehead atoms. The van der Waals surface area contributed by atoms with Crippen LogP contribution in [-0.2, 0) is 23.2 Å². The molecule has 3 aromatic rings. The van der Waals surface area contributed by atoms with Crippen molar-refractivity contribution in [3.8, 4) is 5.75 Å². The minimum atomic E-state index is -0.0730. The average molecular weight is 479 g/mol. The van der Waals surface area contributed by atoms with Gasteiger partial charge in [-0.1, -0.05) is 62.9 Å². The minimum Gasteiger partial charge on any atom is -0.494 e. The van der Waals surface area contributed by atoms with Gasteiger partial charge in [0.25, 0.3) is 0 Å². The van der Waals surface area contributed by atoms with Crippen molar-refractivity contribution < 1.29 is 9.53 Å². The van der Waals surface area contributed by atoms with Crippen molar-refractivity contribution >= 4 is 23.4 Å². The second-order valence-corrected chi connectivity index (χ2v) is 10.2. The maximum absolute atomic E-state index is 12.4. The molecule has 0 saturated carbocycles. The van der Waals surface area contributed by atoms with Crippen molar-refractivity contribution in [1.29, 1.82) is 0 Å². The minimum absolute atomic E-state index is 0.0730. The summed E-state index contributed by atoms with van der Waals surface area (Å²) in [6.45, 7) is 13.6. The van der Waals surface area contributed by atoms with Crippen LogP contribution in [0.25, 0.3) is 0 Å². The lowest BCUT2D eigenvalue weighted by molar-refractivity contribution is -0.113.